The Morgan fingerprint density at radius 2 is 2.11 bits per heavy atom. The van der Waals surface area contributed by atoms with E-state index < -0.39 is 27.3 Å². The van der Waals surface area contributed by atoms with Crippen LogP contribution in [-0.2, 0) is 9.84 Å². The van der Waals surface area contributed by atoms with Gasteiger partial charge in [0.05, 0.1) is 33.8 Å². The third-order valence-corrected chi connectivity index (χ3v) is 6.90. The molecule has 3 rings (SSSR count). The fourth-order valence-corrected chi connectivity index (χ4v) is 5.29. The summed E-state index contributed by atoms with van der Waals surface area (Å²) in [4.78, 5) is 16.9. The predicted octanol–water partition coefficient (Wildman–Crippen LogP) is 3.15. The molecule has 0 bridgehead atoms. The van der Waals surface area contributed by atoms with Gasteiger partial charge in [-0.15, -0.1) is 0 Å². The van der Waals surface area contributed by atoms with Crippen molar-refractivity contribution in [3.8, 4) is 11.9 Å². The summed E-state index contributed by atoms with van der Waals surface area (Å²) in [5, 5.41) is 20.8. The number of hydrogen-bond acceptors (Lipinski definition) is 6. The highest BCUT2D eigenvalue weighted by Crippen LogP contribution is 2.31. The Balaban J connectivity index is 2.16. The Morgan fingerprint density at radius 3 is 2.68 bits per heavy atom. The Hall–Kier alpha value is -2.34. The fourth-order valence-electron chi connectivity index (χ4n) is 3.13. The molecule has 1 atom stereocenters. The number of pyridine rings is 1. The fraction of sp³-hybridized carbons (Fsp3) is 0.278. The largest absolute Gasteiger partial charge is 0.494 e. The lowest BCUT2D eigenvalue weighted by Crippen LogP contribution is -2.29. The van der Waals surface area contributed by atoms with Gasteiger partial charge in [-0.25, -0.2) is 8.42 Å². The number of sulfone groups is 1. The minimum atomic E-state index is -3.30. The van der Waals surface area contributed by atoms with Crippen LogP contribution in [-0.4, -0.2) is 35.8 Å². The van der Waals surface area contributed by atoms with Crippen LogP contribution in [0.5, 0.6) is 5.88 Å². The third-order valence-electron chi connectivity index (χ3n) is 4.61. The normalized spacial score (nSPS) is 18.4. The molecule has 1 N–H and O–H groups in total. The highest BCUT2D eigenvalue weighted by atomic mass is 35.5. The number of aromatic nitrogens is 1. The standard InChI is InChI=1S/C18H15Cl2N3O4S/c1-10-13(7-21)17(24)23(12-4-5-28(26,27)9-12)18(25)14(10)8-22-16-3-2-11(19)6-15(16)20/h2-3,6,8,12,25H,4-5,9H2,1H3/t12-/m0/s1. The van der Waals surface area contributed by atoms with Gasteiger partial charge >= 0.3 is 0 Å². The zero-order chi connectivity index (χ0) is 20.6. The van der Waals surface area contributed by atoms with Crippen molar-refractivity contribution in [2.24, 2.45) is 4.99 Å². The van der Waals surface area contributed by atoms with E-state index in [4.69, 9.17) is 23.2 Å². The van der Waals surface area contributed by atoms with Gasteiger partial charge in [0.25, 0.3) is 5.56 Å². The summed E-state index contributed by atoms with van der Waals surface area (Å²) in [7, 11) is -3.30. The first-order valence-corrected chi connectivity index (χ1v) is 10.8. The molecular formula is C18H15Cl2N3O4S. The SMILES string of the molecule is Cc1c(C=Nc2ccc(Cl)cc2Cl)c(O)n([C@H]2CCS(=O)(=O)C2)c(=O)c1C#N. The molecule has 7 nitrogen and oxygen atoms in total. The molecule has 10 heteroatoms. The van der Waals surface area contributed by atoms with E-state index in [1.54, 1.807) is 12.1 Å². The van der Waals surface area contributed by atoms with Crippen molar-refractivity contribution in [2.75, 3.05) is 11.5 Å². The minimum absolute atomic E-state index is 0.0802. The van der Waals surface area contributed by atoms with Crippen LogP contribution in [0.2, 0.25) is 10.0 Å². The molecule has 1 fully saturated rings. The topological polar surface area (TPSA) is 113 Å². The molecule has 1 aromatic carbocycles. The molecule has 1 aliphatic heterocycles. The maximum absolute atomic E-state index is 12.7. The highest BCUT2D eigenvalue weighted by Gasteiger charge is 2.33. The van der Waals surface area contributed by atoms with Gasteiger partial charge in [0.1, 0.15) is 11.6 Å². The molecule has 0 unspecified atom stereocenters. The molecule has 0 aliphatic carbocycles. The van der Waals surface area contributed by atoms with Crippen molar-refractivity contribution < 1.29 is 13.5 Å². The van der Waals surface area contributed by atoms with Gasteiger partial charge in [0.2, 0.25) is 5.88 Å². The molecule has 1 saturated heterocycles. The van der Waals surface area contributed by atoms with E-state index in [2.05, 4.69) is 4.99 Å². The van der Waals surface area contributed by atoms with E-state index in [-0.39, 0.29) is 39.6 Å². The van der Waals surface area contributed by atoms with Crippen molar-refractivity contribution in [1.82, 2.24) is 4.57 Å². The lowest BCUT2D eigenvalue weighted by atomic mass is 10.0. The average molecular weight is 440 g/mol. The van der Waals surface area contributed by atoms with Crippen LogP contribution >= 0.6 is 23.2 Å². The molecule has 0 radical (unpaired) electrons. The van der Waals surface area contributed by atoms with Gasteiger partial charge in [-0.3, -0.25) is 14.4 Å². The first-order chi connectivity index (χ1) is 13.1. The quantitative estimate of drug-likeness (QED) is 0.737. The number of hydrogen-bond donors (Lipinski definition) is 1. The van der Waals surface area contributed by atoms with E-state index >= 15 is 0 Å². The first kappa shape index (κ1) is 20.4. The summed E-state index contributed by atoms with van der Waals surface area (Å²) in [6.07, 6.45) is 1.48. The Bertz CT molecular complexity index is 1200. The van der Waals surface area contributed by atoms with E-state index in [9.17, 15) is 23.6 Å². The van der Waals surface area contributed by atoms with Crippen LogP contribution in [0.1, 0.15) is 29.2 Å². The van der Waals surface area contributed by atoms with Gasteiger partial charge in [0.15, 0.2) is 9.84 Å². The highest BCUT2D eigenvalue weighted by molar-refractivity contribution is 7.91. The van der Waals surface area contributed by atoms with Crippen LogP contribution in [0, 0.1) is 18.3 Å². The van der Waals surface area contributed by atoms with Crippen LogP contribution in [0.15, 0.2) is 28.0 Å². The summed E-state index contributed by atoms with van der Waals surface area (Å²) < 4.78 is 24.6. The summed E-state index contributed by atoms with van der Waals surface area (Å²) in [6, 6.07) is 5.78. The number of nitrogens with zero attached hydrogens (tertiary/aromatic N) is 3. The van der Waals surface area contributed by atoms with Gasteiger partial charge in [-0.2, -0.15) is 5.26 Å². The third kappa shape index (κ3) is 3.78. The molecule has 0 amide bonds. The van der Waals surface area contributed by atoms with Gasteiger partial charge in [0, 0.05) is 11.2 Å². The van der Waals surface area contributed by atoms with E-state index in [0.717, 1.165) is 4.57 Å². The Labute approximate surface area is 171 Å². The molecular weight excluding hydrogens is 425 g/mol. The van der Waals surface area contributed by atoms with Gasteiger partial charge < -0.3 is 5.11 Å². The summed E-state index contributed by atoms with van der Waals surface area (Å²) in [5.41, 5.74) is -0.126. The van der Waals surface area contributed by atoms with Crippen molar-refractivity contribution in [2.45, 2.75) is 19.4 Å². The summed E-state index contributed by atoms with van der Waals surface area (Å²) >= 11 is 11.9. The van der Waals surface area contributed by atoms with Crippen LogP contribution in [0.3, 0.4) is 0 Å². The predicted molar refractivity (Wildman–Crippen MR) is 108 cm³/mol. The molecule has 0 saturated carbocycles. The maximum Gasteiger partial charge on any atom is 0.271 e. The second-order valence-electron chi connectivity index (χ2n) is 6.44. The van der Waals surface area contributed by atoms with Crippen molar-refractivity contribution in [1.29, 1.82) is 5.26 Å². The van der Waals surface area contributed by atoms with Gasteiger partial charge in [-0.1, -0.05) is 23.2 Å². The number of rotatable bonds is 3. The molecule has 1 aliphatic rings. The summed E-state index contributed by atoms with van der Waals surface area (Å²) in [6.45, 7) is 1.51. The molecule has 28 heavy (non-hydrogen) atoms. The number of aliphatic imine (C=N–C) groups is 1. The van der Waals surface area contributed by atoms with Crippen LogP contribution in [0.25, 0.3) is 0 Å². The molecule has 2 aromatic rings. The summed E-state index contributed by atoms with van der Waals surface area (Å²) in [5.74, 6) is -0.783. The number of benzene rings is 1. The average Bonchev–Trinajstić information content (AvgIpc) is 2.96. The van der Waals surface area contributed by atoms with E-state index in [1.807, 2.05) is 6.07 Å². The van der Waals surface area contributed by atoms with E-state index in [0.29, 0.717) is 10.7 Å². The van der Waals surface area contributed by atoms with Crippen LogP contribution < -0.4 is 5.56 Å². The second-order valence-corrected chi connectivity index (χ2v) is 9.51. The minimum Gasteiger partial charge on any atom is -0.494 e. The Kier molecular flexibility index (Phi) is 5.53. The zero-order valence-electron chi connectivity index (χ0n) is 14.7. The van der Waals surface area contributed by atoms with Crippen molar-refractivity contribution in [3.63, 3.8) is 0 Å². The monoisotopic (exact) mass is 439 g/mol. The first-order valence-electron chi connectivity index (χ1n) is 8.22. The lowest BCUT2D eigenvalue weighted by molar-refractivity contribution is 0.379. The Morgan fingerprint density at radius 1 is 1.39 bits per heavy atom. The second kappa shape index (κ2) is 7.59. The van der Waals surface area contributed by atoms with Crippen LogP contribution in [0.4, 0.5) is 5.69 Å². The molecule has 0 spiro atoms. The maximum atomic E-state index is 12.7. The smallest absolute Gasteiger partial charge is 0.271 e. The number of halogens is 2. The van der Waals surface area contributed by atoms with Crippen molar-refractivity contribution in [3.05, 3.63) is 55.3 Å². The number of aromatic hydroxyl groups is 1. The van der Waals surface area contributed by atoms with Gasteiger partial charge in [-0.05, 0) is 37.1 Å². The molecule has 146 valence electrons. The molecule has 1 aromatic heterocycles. The number of nitriles is 1. The van der Waals surface area contributed by atoms with Crippen molar-refractivity contribution >= 4 is 44.9 Å². The lowest BCUT2D eigenvalue weighted by Gasteiger charge is -2.18. The van der Waals surface area contributed by atoms with E-state index in [1.165, 1.54) is 19.2 Å². The molecule has 2 heterocycles. The zero-order valence-corrected chi connectivity index (χ0v) is 17.0.